The average molecular weight is 363 g/mol. The quantitative estimate of drug-likeness (QED) is 0.548. The van der Waals surface area contributed by atoms with Gasteiger partial charge < -0.3 is 14.2 Å². The van der Waals surface area contributed by atoms with E-state index in [1.165, 1.54) is 0 Å². The van der Waals surface area contributed by atoms with Crippen molar-refractivity contribution in [2.24, 2.45) is 0 Å². The molecule has 26 heavy (non-hydrogen) atoms. The maximum absolute atomic E-state index is 12.2. The Kier molecular flexibility index (Phi) is 7.47. The van der Waals surface area contributed by atoms with Crippen molar-refractivity contribution in [3.8, 4) is 5.75 Å². The van der Waals surface area contributed by atoms with Crippen LogP contribution < -0.4 is 4.74 Å². The van der Waals surface area contributed by atoms with Gasteiger partial charge in [0.2, 0.25) is 0 Å². The highest BCUT2D eigenvalue weighted by molar-refractivity contribution is 5.66. The number of para-hydroxylation sites is 1. The Morgan fingerprint density at radius 3 is 2.15 bits per heavy atom. The molecule has 0 bridgehead atoms. The Hall–Kier alpha value is -1.59. The molecular weight excluding hydrogens is 330 g/mol. The maximum Gasteiger partial charge on any atom is 0.513 e. The molecule has 1 aliphatic heterocycles. The van der Waals surface area contributed by atoms with E-state index in [-0.39, 0.29) is 24.0 Å². The summed E-state index contributed by atoms with van der Waals surface area (Å²) in [6.07, 6.45) is -0.219. The molecule has 0 aromatic heterocycles. The van der Waals surface area contributed by atoms with E-state index in [1.807, 2.05) is 18.2 Å². The van der Waals surface area contributed by atoms with E-state index >= 15 is 0 Å². The number of hydrogen-bond donors (Lipinski definition) is 0. The van der Waals surface area contributed by atoms with Gasteiger partial charge in [-0.25, -0.2) is 4.79 Å². The highest BCUT2D eigenvalue weighted by atomic mass is 16.7. The summed E-state index contributed by atoms with van der Waals surface area (Å²) in [5, 5.41) is 0. The van der Waals surface area contributed by atoms with Gasteiger partial charge in [0.1, 0.15) is 12.4 Å². The van der Waals surface area contributed by atoms with Gasteiger partial charge in [0.05, 0.1) is 12.2 Å². The molecule has 146 valence electrons. The lowest BCUT2D eigenvalue weighted by atomic mass is 9.94. The van der Waals surface area contributed by atoms with Crippen LogP contribution in [0.5, 0.6) is 5.75 Å². The number of morpholine rings is 1. The molecule has 0 saturated carbocycles. The summed E-state index contributed by atoms with van der Waals surface area (Å²) < 4.78 is 16.7. The fourth-order valence-electron chi connectivity index (χ4n) is 3.44. The lowest BCUT2D eigenvalue weighted by Gasteiger charge is -2.34. The minimum Gasteiger partial charge on any atom is -0.433 e. The molecule has 0 amide bonds. The standard InChI is InChI=1S/C21H33NO4/c1-14(2)18-8-7-9-19(15(3)4)20(18)26-21(23)24-11-10-22-12-16(5)25-17(6)13-22/h7-9,14-17H,10-13H2,1-6H3. The first-order chi connectivity index (χ1) is 12.3. The summed E-state index contributed by atoms with van der Waals surface area (Å²) in [6.45, 7) is 15.2. The normalized spacial score (nSPS) is 21.2. The van der Waals surface area contributed by atoms with E-state index in [1.54, 1.807) is 0 Å². The average Bonchev–Trinajstić information content (AvgIpc) is 2.53. The highest BCUT2D eigenvalue weighted by Crippen LogP contribution is 2.34. The minimum atomic E-state index is -0.630. The van der Waals surface area contributed by atoms with E-state index in [9.17, 15) is 4.79 Å². The molecule has 0 N–H and O–H groups in total. The summed E-state index contributed by atoms with van der Waals surface area (Å²) in [6, 6.07) is 6.04. The molecule has 1 aromatic carbocycles. The summed E-state index contributed by atoms with van der Waals surface area (Å²) in [5.41, 5.74) is 2.06. The number of carbonyl (C=O) groups is 1. The summed E-state index contributed by atoms with van der Waals surface area (Å²) in [7, 11) is 0. The van der Waals surface area contributed by atoms with Crippen molar-refractivity contribution < 1.29 is 19.0 Å². The number of hydrogen-bond acceptors (Lipinski definition) is 5. The van der Waals surface area contributed by atoms with E-state index in [4.69, 9.17) is 14.2 Å². The van der Waals surface area contributed by atoms with Gasteiger partial charge in [-0.1, -0.05) is 45.9 Å². The van der Waals surface area contributed by atoms with Crippen LogP contribution in [0.25, 0.3) is 0 Å². The molecule has 0 radical (unpaired) electrons. The van der Waals surface area contributed by atoms with Crippen LogP contribution in [-0.2, 0) is 9.47 Å². The van der Waals surface area contributed by atoms with E-state index in [2.05, 4.69) is 46.4 Å². The van der Waals surface area contributed by atoms with Crippen LogP contribution in [0.1, 0.15) is 64.5 Å². The van der Waals surface area contributed by atoms with Crippen molar-refractivity contribution in [2.75, 3.05) is 26.2 Å². The van der Waals surface area contributed by atoms with Crippen LogP contribution in [0.2, 0.25) is 0 Å². The first kappa shape index (κ1) is 20.7. The van der Waals surface area contributed by atoms with Crippen molar-refractivity contribution in [2.45, 2.75) is 65.6 Å². The molecule has 2 atom stereocenters. The zero-order valence-corrected chi connectivity index (χ0v) is 17.0. The van der Waals surface area contributed by atoms with Crippen molar-refractivity contribution >= 4 is 6.16 Å². The number of benzene rings is 1. The monoisotopic (exact) mass is 363 g/mol. The maximum atomic E-state index is 12.2. The zero-order chi connectivity index (χ0) is 19.3. The predicted octanol–water partition coefficient (Wildman–Crippen LogP) is 4.56. The van der Waals surface area contributed by atoms with Gasteiger partial charge in [0.25, 0.3) is 0 Å². The Morgan fingerprint density at radius 1 is 1.12 bits per heavy atom. The molecule has 1 fully saturated rings. The Bertz CT molecular complexity index is 563. The summed E-state index contributed by atoms with van der Waals surface area (Å²) >= 11 is 0. The zero-order valence-electron chi connectivity index (χ0n) is 17.0. The molecule has 0 aliphatic carbocycles. The van der Waals surface area contributed by atoms with Crippen LogP contribution in [0, 0.1) is 0 Å². The van der Waals surface area contributed by atoms with Gasteiger partial charge in [0.15, 0.2) is 0 Å². The van der Waals surface area contributed by atoms with Crippen LogP contribution in [0.4, 0.5) is 4.79 Å². The van der Waals surface area contributed by atoms with Crippen LogP contribution in [0.3, 0.4) is 0 Å². The lowest BCUT2D eigenvalue weighted by molar-refractivity contribution is -0.0714. The number of ether oxygens (including phenoxy) is 3. The second-order valence-corrected chi connectivity index (χ2v) is 7.79. The van der Waals surface area contributed by atoms with Gasteiger partial charge in [0, 0.05) is 19.6 Å². The Morgan fingerprint density at radius 2 is 1.65 bits per heavy atom. The fraction of sp³-hybridized carbons (Fsp3) is 0.667. The molecule has 1 saturated heterocycles. The van der Waals surface area contributed by atoms with Crippen molar-refractivity contribution in [3.63, 3.8) is 0 Å². The molecule has 2 unspecified atom stereocenters. The van der Waals surface area contributed by atoms with E-state index < -0.39 is 6.16 Å². The summed E-state index contributed by atoms with van der Waals surface area (Å²) in [4.78, 5) is 14.5. The molecule has 2 rings (SSSR count). The fourth-order valence-corrected chi connectivity index (χ4v) is 3.44. The minimum absolute atomic E-state index is 0.206. The smallest absolute Gasteiger partial charge is 0.433 e. The molecule has 1 heterocycles. The van der Waals surface area contributed by atoms with Gasteiger partial charge in [-0.3, -0.25) is 4.90 Å². The third-order valence-corrected chi connectivity index (χ3v) is 4.63. The SMILES string of the molecule is CC1CN(CCOC(=O)Oc2c(C(C)C)cccc2C(C)C)CC(C)O1. The molecular formula is C21H33NO4. The second kappa shape index (κ2) is 9.38. The largest absolute Gasteiger partial charge is 0.513 e. The topological polar surface area (TPSA) is 48.0 Å². The van der Waals surface area contributed by atoms with E-state index in [0.29, 0.717) is 18.9 Å². The lowest BCUT2D eigenvalue weighted by Crippen LogP contribution is -2.46. The van der Waals surface area contributed by atoms with Crippen molar-refractivity contribution in [1.82, 2.24) is 4.90 Å². The molecule has 5 nitrogen and oxygen atoms in total. The molecule has 1 aromatic rings. The number of rotatable bonds is 6. The first-order valence-electron chi connectivity index (χ1n) is 9.63. The Balaban J connectivity index is 1.93. The molecule has 1 aliphatic rings. The van der Waals surface area contributed by atoms with Crippen LogP contribution in [0.15, 0.2) is 18.2 Å². The second-order valence-electron chi connectivity index (χ2n) is 7.79. The number of nitrogens with zero attached hydrogens (tertiary/aromatic N) is 1. The van der Waals surface area contributed by atoms with Crippen molar-refractivity contribution in [1.29, 1.82) is 0 Å². The third-order valence-electron chi connectivity index (χ3n) is 4.63. The van der Waals surface area contributed by atoms with Crippen LogP contribution >= 0.6 is 0 Å². The number of carbonyl (C=O) groups excluding carboxylic acids is 1. The molecule has 5 heteroatoms. The molecule has 0 spiro atoms. The Labute approximate surface area is 157 Å². The van der Waals surface area contributed by atoms with Crippen LogP contribution in [-0.4, -0.2) is 49.5 Å². The first-order valence-corrected chi connectivity index (χ1v) is 9.63. The van der Waals surface area contributed by atoms with E-state index in [0.717, 1.165) is 24.2 Å². The highest BCUT2D eigenvalue weighted by Gasteiger charge is 2.23. The van der Waals surface area contributed by atoms with Gasteiger partial charge >= 0.3 is 6.16 Å². The van der Waals surface area contributed by atoms with Gasteiger partial charge in [-0.05, 0) is 36.8 Å². The van der Waals surface area contributed by atoms with Gasteiger partial charge in [-0.2, -0.15) is 0 Å². The van der Waals surface area contributed by atoms with Gasteiger partial charge in [-0.15, -0.1) is 0 Å². The van der Waals surface area contributed by atoms with Crippen molar-refractivity contribution in [3.05, 3.63) is 29.3 Å². The predicted molar refractivity (Wildman–Crippen MR) is 103 cm³/mol. The third kappa shape index (κ3) is 5.71. The summed E-state index contributed by atoms with van der Waals surface area (Å²) in [5.74, 6) is 1.19.